The summed E-state index contributed by atoms with van der Waals surface area (Å²) in [5.41, 5.74) is 1.73. The molecule has 0 aliphatic rings. The highest BCUT2D eigenvalue weighted by atomic mass is 79.9. The van der Waals surface area contributed by atoms with Gasteiger partial charge in [-0.3, -0.25) is 0 Å². The smallest absolute Gasteiger partial charge is 0.164 e. The number of methoxy groups -OCH3 is 2. The summed E-state index contributed by atoms with van der Waals surface area (Å²) in [7, 11) is 3.23. The fraction of sp³-hybridized carbons (Fsp3) is 0.231. The zero-order valence-electron chi connectivity index (χ0n) is 10.4. The van der Waals surface area contributed by atoms with Crippen molar-refractivity contribution >= 4 is 15.9 Å². The summed E-state index contributed by atoms with van der Waals surface area (Å²) in [6.07, 6.45) is 0. The minimum absolute atomic E-state index is 0.626. The van der Waals surface area contributed by atoms with Crippen LogP contribution in [0.3, 0.4) is 0 Å². The predicted octanol–water partition coefficient (Wildman–Crippen LogP) is 3.23. The lowest BCUT2D eigenvalue weighted by Crippen LogP contribution is -1.96. The SMILES string of the molecule is COc1ccc(-c2nc(C)cc(Br)n2)c(OC)c1. The van der Waals surface area contributed by atoms with Crippen LogP contribution in [0.5, 0.6) is 11.5 Å². The monoisotopic (exact) mass is 308 g/mol. The molecule has 18 heavy (non-hydrogen) atoms. The van der Waals surface area contributed by atoms with Crippen LogP contribution in [0.15, 0.2) is 28.9 Å². The summed E-state index contributed by atoms with van der Waals surface area (Å²) in [5, 5.41) is 0. The van der Waals surface area contributed by atoms with E-state index in [-0.39, 0.29) is 0 Å². The van der Waals surface area contributed by atoms with Crippen molar-refractivity contribution in [3.05, 3.63) is 34.6 Å². The van der Waals surface area contributed by atoms with E-state index in [1.165, 1.54) is 0 Å². The maximum Gasteiger partial charge on any atom is 0.164 e. The third kappa shape index (κ3) is 2.61. The number of halogens is 1. The van der Waals surface area contributed by atoms with Gasteiger partial charge in [-0.25, -0.2) is 9.97 Å². The van der Waals surface area contributed by atoms with E-state index in [4.69, 9.17) is 9.47 Å². The predicted molar refractivity (Wildman–Crippen MR) is 73.0 cm³/mol. The van der Waals surface area contributed by atoms with E-state index >= 15 is 0 Å². The first-order valence-electron chi connectivity index (χ1n) is 5.37. The van der Waals surface area contributed by atoms with Gasteiger partial charge >= 0.3 is 0 Å². The Morgan fingerprint density at radius 1 is 1.06 bits per heavy atom. The fourth-order valence-corrected chi connectivity index (χ4v) is 2.13. The molecule has 94 valence electrons. The Hall–Kier alpha value is -1.62. The average Bonchev–Trinajstić information content (AvgIpc) is 2.36. The minimum Gasteiger partial charge on any atom is -0.497 e. The van der Waals surface area contributed by atoms with Gasteiger partial charge in [0.05, 0.1) is 19.8 Å². The summed E-state index contributed by atoms with van der Waals surface area (Å²) in [5.74, 6) is 2.05. The molecule has 1 aromatic carbocycles. The molecule has 0 aliphatic carbocycles. The minimum atomic E-state index is 0.626. The van der Waals surface area contributed by atoms with Crippen LogP contribution in [-0.2, 0) is 0 Å². The van der Waals surface area contributed by atoms with Gasteiger partial charge in [-0.05, 0) is 41.1 Å². The zero-order chi connectivity index (χ0) is 13.1. The van der Waals surface area contributed by atoms with Crippen LogP contribution in [-0.4, -0.2) is 24.2 Å². The van der Waals surface area contributed by atoms with Gasteiger partial charge < -0.3 is 9.47 Å². The fourth-order valence-electron chi connectivity index (χ4n) is 1.63. The molecule has 0 saturated carbocycles. The first-order valence-corrected chi connectivity index (χ1v) is 6.17. The molecule has 1 aromatic heterocycles. The highest BCUT2D eigenvalue weighted by Gasteiger charge is 2.11. The summed E-state index contributed by atoms with van der Waals surface area (Å²) in [6.45, 7) is 1.92. The summed E-state index contributed by atoms with van der Waals surface area (Å²) >= 11 is 3.37. The van der Waals surface area contributed by atoms with Crippen molar-refractivity contribution in [1.82, 2.24) is 9.97 Å². The molecule has 0 spiro atoms. The number of benzene rings is 1. The zero-order valence-corrected chi connectivity index (χ0v) is 12.0. The normalized spacial score (nSPS) is 10.2. The van der Waals surface area contributed by atoms with Crippen molar-refractivity contribution in [1.29, 1.82) is 0 Å². The van der Waals surface area contributed by atoms with Crippen LogP contribution in [0.1, 0.15) is 5.69 Å². The van der Waals surface area contributed by atoms with E-state index in [0.29, 0.717) is 11.6 Å². The summed E-state index contributed by atoms with van der Waals surface area (Å²) in [6, 6.07) is 7.42. The largest absolute Gasteiger partial charge is 0.497 e. The lowest BCUT2D eigenvalue weighted by atomic mass is 10.1. The average molecular weight is 309 g/mol. The van der Waals surface area contributed by atoms with Crippen LogP contribution in [0.2, 0.25) is 0 Å². The van der Waals surface area contributed by atoms with Crippen LogP contribution in [0, 0.1) is 6.92 Å². The Balaban J connectivity index is 2.55. The Morgan fingerprint density at radius 3 is 2.44 bits per heavy atom. The maximum absolute atomic E-state index is 5.35. The third-order valence-corrected chi connectivity index (χ3v) is 2.88. The lowest BCUT2D eigenvalue weighted by Gasteiger charge is -2.10. The van der Waals surface area contributed by atoms with Crippen molar-refractivity contribution < 1.29 is 9.47 Å². The van der Waals surface area contributed by atoms with E-state index in [1.807, 2.05) is 31.2 Å². The molecule has 0 amide bonds. The van der Waals surface area contributed by atoms with E-state index in [2.05, 4.69) is 25.9 Å². The van der Waals surface area contributed by atoms with Gasteiger partial charge in [-0.15, -0.1) is 0 Å². The first-order chi connectivity index (χ1) is 8.63. The van der Waals surface area contributed by atoms with Gasteiger partial charge in [0.25, 0.3) is 0 Å². The molecule has 0 saturated heterocycles. The molecule has 0 unspecified atom stereocenters. The van der Waals surface area contributed by atoms with E-state index in [0.717, 1.165) is 21.6 Å². The van der Waals surface area contributed by atoms with Gasteiger partial charge in [0.15, 0.2) is 5.82 Å². The highest BCUT2D eigenvalue weighted by Crippen LogP contribution is 2.31. The third-order valence-electron chi connectivity index (χ3n) is 2.47. The quantitative estimate of drug-likeness (QED) is 0.817. The molecular formula is C13H13BrN2O2. The van der Waals surface area contributed by atoms with Gasteiger partial charge in [-0.2, -0.15) is 0 Å². The molecule has 0 fully saturated rings. The van der Waals surface area contributed by atoms with Crippen molar-refractivity contribution in [2.75, 3.05) is 14.2 Å². The molecule has 0 aliphatic heterocycles. The molecule has 0 bridgehead atoms. The molecule has 2 aromatic rings. The van der Waals surface area contributed by atoms with Gasteiger partial charge in [0.2, 0.25) is 0 Å². The molecule has 2 rings (SSSR count). The van der Waals surface area contributed by atoms with Crippen LogP contribution in [0.4, 0.5) is 0 Å². The molecule has 0 N–H and O–H groups in total. The number of aromatic nitrogens is 2. The molecule has 5 heteroatoms. The van der Waals surface area contributed by atoms with Gasteiger partial charge in [0.1, 0.15) is 16.1 Å². The molecular weight excluding hydrogens is 296 g/mol. The second-order valence-electron chi connectivity index (χ2n) is 3.72. The topological polar surface area (TPSA) is 44.2 Å². The number of nitrogens with zero attached hydrogens (tertiary/aromatic N) is 2. The Bertz CT molecular complexity index is 553. The van der Waals surface area contributed by atoms with E-state index in [1.54, 1.807) is 14.2 Å². The van der Waals surface area contributed by atoms with Crippen LogP contribution in [0.25, 0.3) is 11.4 Å². The van der Waals surface area contributed by atoms with Crippen molar-refractivity contribution in [2.24, 2.45) is 0 Å². The van der Waals surface area contributed by atoms with Crippen molar-refractivity contribution in [2.45, 2.75) is 6.92 Å². The molecule has 0 radical (unpaired) electrons. The second-order valence-corrected chi connectivity index (χ2v) is 4.53. The highest BCUT2D eigenvalue weighted by molar-refractivity contribution is 9.10. The van der Waals surface area contributed by atoms with E-state index < -0.39 is 0 Å². The van der Waals surface area contributed by atoms with Crippen molar-refractivity contribution in [3.63, 3.8) is 0 Å². The molecule has 0 atom stereocenters. The maximum atomic E-state index is 5.35. The van der Waals surface area contributed by atoms with Gasteiger partial charge in [0, 0.05) is 11.8 Å². The summed E-state index contributed by atoms with van der Waals surface area (Å²) < 4.78 is 11.3. The number of rotatable bonds is 3. The van der Waals surface area contributed by atoms with Crippen LogP contribution < -0.4 is 9.47 Å². The Kier molecular flexibility index (Phi) is 3.81. The Labute approximate surface area is 114 Å². The van der Waals surface area contributed by atoms with E-state index in [9.17, 15) is 0 Å². The summed E-state index contributed by atoms with van der Waals surface area (Å²) in [4.78, 5) is 8.76. The molecule has 4 nitrogen and oxygen atoms in total. The number of hydrogen-bond donors (Lipinski definition) is 0. The number of aryl methyl sites for hydroxylation is 1. The van der Waals surface area contributed by atoms with Gasteiger partial charge in [-0.1, -0.05) is 0 Å². The number of ether oxygens (including phenoxy) is 2. The lowest BCUT2D eigenvalue weighted by molar-refractivity contribution is 0.395. The standard InChI is InChI=1S/C13H13BrN2O2/c1-8-6-12(14)16-13(15-8)10-5-4-9(17-2)7-11(10)18-3/h4-7H,1-3H3. The van der Waals surface area contributed by atoms with Crippen LogP contribution >= 0.6 is 15.9 Å². The first kappa shape index (κ1) is 12.8. The Morgan fingerprint density at radius 2 is 1.83 bits per heavy atom. The second kappa shape index (κ2) is 5.35. The van der Waals surface area contributed by atoms with Crippen molar-refractivity contribution in [3.8, 4) is 22.9 Å². The number of hydrogen-bond acceptors (Lipinski definition) is 4. The molecule has 1 heterocycles.